The Bertz CT molecular complexity index is 594. The summed E-state index contributed by atoms with van der Waals surface area (Å²) in [5.41, 5.74) is -1.91. The van der Waals surface area contributed by atoms with Crippen LogP contribution in [0.5, 0.6) is 5.88 Å². The summed E-state index contributed by atoms with van der Waals surface area (Å²) in [6, 6.07) is -0.106. The number of fused-ring (bicyclic) bond motifs is 1. The number of nitrogens with zero attached hydrogens (tertiary/aromatic N) is 2. The first-order valence-electron chi connectivity index (χ1n) is 6.07. The summed E-state index contributed by atoms with van der Waals surface area (Å²) < 4.78 is 14.4. The van der Waals surface area contributed by atoms with Gasteiger partial charge in [-0.15, -0.1) is 0 Å². The van der Waals surface area contributed by atoms with Crippen molar-refractivity contribution < 1.29 is 9.50 Å². The van der Waals surface area contributed by atoms with Crippen LogP contribution in [-0.2, 0) is 0 Å². The summed E-state index contributed by atoms with van der Waals surface area (Å²) in [5.74, 6) is -2.13. The Morgan fingerprint density at radius 3 is 2.78 bits per heavy atom. The van der Waals surface area contributed by atoms with Crippen LogP contribution in [0.25, 0.3) is 0 Å². The summed E-state index contributed by atoms with van der Waals surface area (Å²) in [7, 11) is 0. The van der Waals surface area contributed by atoms with Gasteiger partial charge in [0.15, 0.2) is 0 Å². The highest BCUT2D eigenvalue weighted by Gasteiger charge is 2.40. The van der Waals surface area contributed by atoms with Gasteiger partial charge in [0, 0.05) is 12.6 Å². The second-order valence-corrected chi connectivity index (χ2v) is 4.87. The summed E-state index contributed by atoms with van der Waals surface area (Å²) in [6.07, 6.45) is 2.66. The molecule has 1 aromatic heterocycles. The van der Waals surface area contributed by atoms with Gasteiger partial charge in [0.2, 0.25) is 11.7 Å². The van der Waals surface area contributed by atoms with Gasteiger partial charge in [-0.3, -0.25) is 19.2 Å². The fourth-order valence-corrected chi connectivity index (χ4v) is 3.18. The van der Waals surface area contributed by atoms with Crippen molar-refractivity contribution in [2.24, 2.45) is 0 Å². The zero-order valence-electron chi connectivity index (χ0n) is 9.73. The molecule has 0 bridgehead atoms. The molecule has 0 spiro atoms. The molecule has 0 saturated carbocycles. The molecule has 2 fully saturated rings. The topological polar surface area (TPSA) is 78.3 Å². The molecular weight excluding hydrogens is 241 g/mol. The summed E-state index contributed by atoms with van der Waals surface area (Å²) in [6.45, 7) is 1.81. The van der Waals surface area contributed by atoms with Crippen LogP contribution in [0.3, 0.4) is 0 Å². The van der Waals surface area contributed by atoms with Crippen LogP contribution in [0.1, 0.15) is 25.3 Å². The highest BCUT2D eigenvalue weighted by Crippen LogP contribution is 2.36. The lowest BCUT2D eigenvalue weighted by Crippen LogP contribution is -2.38. The van der Waals surface area contributed by atoms with Gasteiger partial charge in [0.1, 0.15) is 0 Å². The molecule has 3 heterocycles. The normalized spacial score (nSPS) is 27.6. The van der Waals surface area contributed by atoms with Crippen LogP contribution < -0.4 is 11.2 Å². The molecule has 98 valence electrons. The predicted molar refractivity (Wildman–Crippen MR) is 61.2 cm³/mol. The van der Waals surface area contributed by atoms with E-state index in [-0.39, 0.29) is 12.1 Å². The van der Waals surface area contributed by atoms with Gasteiger partial charge in [-0.25, -0.2) is 4.79 Å². The molecule has 2 aliphatic heterocycles. The first-order valence-corrected chi connectivity index (χ1v) is 6.07. The Labute approximate surface area is 102 Å². The van der Waals surface area contributed by atoms with E-state index in [2.05, 4.69) is 4.90 Å². The fraction of sp³-hybridized carbons (Fsp3) is 0.636. The second-order valence-electron chi connectivity index (χ2n) is 4.87. The molecule has 6 nitrogen and oxygen atoms in total. The predicted octanol–water partition coefficient (Wildman–Crippen LogP) is -0.210. The van der Waals surface area contributed by atoms with Crippen LogP contribution in [0.4, 0.5) is 4.39 Å². The molecule has 2 saturated heterocycles. The first-order chi connectivity index (χ1) is 8.59. The summed E-state index contributed by atoms with van der Waals surface area (Å²) in [4.78, 5) is 26.9. The average molecular weight is 255 g/mol. The quantitative estimate of drug-likeness (QED) is 0.728. The third-order valence-electron chi connectivity index (χ3n) is 3.97. The smallest absolute Gasteiger partial charge is 0.331 e. The Morgan fingerprint density at radius 1 is 1.22 bits per heavy atom. The first kappa shape index (κ1) is 11.5. The lowest BCUT2D eigenvalue weighted by Gasteiger charge is -2.22. The van der Waals surface area contributed by atoms with E-state index in [1.54, 1.807) is 0 Å². The minimum Gasteiger partial charge on any atom is -0.492 e. The van der Waals surface area contributed by atoms with E-state index >= 15 is 0 Å². The van der Waals surface area contributed by atoms with E-state index in [0.29, 0.717) is 6.42 Å². The Hall–Kier alpha value is -1.63. The van der Waals surface area contributed by atoms with Crippen molar-refractivity contribution in [1.82, 2.24) is 14.5 Å². The molecule has 2 unspecified atom stereocenters. The molecule has 18 heavy (non-hydrogen) atoms. The Morgan fingerprint density at radius 2 is 2.00 bits per heavy atom. The third-order valence-corrected chi connectivity index (χ3v) is 3.97. The van der Waals surface area contributed by atoms with E-state index < -0.39 is 22.9 Å². The number of H-pyrrole nitrogens is 1. The molecule has 0 aliphatic carbocycles. The maximum Gasteiger partial charge on any atom is 0.331 e. The number of aromatic hydroxyl groups is 1. The molecular formula is C11H14FN3O3. The lowest BCUT2D eigenvalue weighted by atomic mass is 10.1. The lowest BCUT2D eigenvalue weighted by molar-refractivity contribution is 0.264. The van der Waals surface area contributed by atoms with E-state index in [9.17, 15) is 19.1 Å². The van der Waals surface area contributed by atoms with E-state index in [1.165, 1.54) is 0 Å². The SMILES string of the molecule is O=c1[nH]c(=O)n(C2CCN3CCCC23)c(O)c1F. The monoisotopic (exact) mass is 255 g/mol. The van der Waals surface area contributed by atoms with Crippen LogP contribution in [0, 0.1) is 5.82 Å². The zero-order valence-corrected chi connectivity index (χ0v) is 9.73. The number of aromatic amines is 1. The molecule has 1 aromatic rings. The molecule has 2 aliphatic rings. The minimum absolute atomic E-state index is 0.152. The maximum atomic E-state index is 13.4. The largest absolute Gasteiger partial charge is 0.492 e. The van der Waals surface area contributed by atoms with Crippen molar-refractivity contribution in [3.63, 3.8) is 0 Å². The number of aromatic nitrogens is 2. The zero-order chi connectivity index (χ0) is 12.9. The third kappa shape index (κ3) is 1.50. The number of nitrogens with one attached hydrogen (secondary N) is 1. The fourth-order valence-electron chi connectivity index (χ4n) is 3.18. The number of rotatable bonds is 1. The number of halogens is 1. The van der Waals surface area contributed by atoms with Gasteiger partial charge in [0.25, 0.3) is 5.56 Å². The average Bonchev–Trinajstić information content (AvgIpc) is 2.90. The molecule has 0 amide bonds. The van der Waals surface area contributed by atoms with Crippen LogP contribution in [0.15, 0.2) is 9.59 Å². The molecule has 0 radical (unpaired) electrons. The van der Waals surface area contributed by atoms with Crippen molar-refractivity contribution >= 4 is 0 Å². The van der Waals surface area contributed by atoms with Gasteiger partial charge in [-0.05, 0) is 25.8 Å². The van der Waals surface area contributed by atoms with Gasteiger partial charge >= 0.3 is 5.69 Å². The van der Waals surface area contributed by atoms with Crippen molar-refractivity contribution in [2.45, 2.75) is 31.3 Å². The van der Waals surface area contributed by atoms with Gasteiger partial charge < -0.3 is 5.11 Å². The Balaban J connectivity index is 2.10. The van der Waals surface area contributed by atoms with Crippen molar-refractivity contribution in [3.8, 4) is 5.88 Å². The van der Waals surface area contributed by atoms with E-state index in [4.69, 9.17) is 0 Å². The summed E-state index contributed by atoms with van der Waals surface area (Å²) in [5, 5.41) is 9.69. The van der Waals surface area contributed by atoms with Crippen molar-refractivity contribution in [1.29, 1.82) is 0 Å². The van der Waals surface area contributed by atoms with Crippen molar-refractivity contribution in [2.75, 3.05) is 13.1 Å². The standard InChI is InChI=1S/C11H14FN3O3/c12-8-9(16)13-11(18)15(10(8)17)7-3-5-14-4-1-2-6(7)14/h6-7,17H,1-5H2,(H,13,16,18). The van der Waals surface area contributed by atoms with E-state index in [0.717, 1.165) is 30.5 Å². The molecule has 7 heteroatoms. The van der Waals surface area contributed by atoms with Gasteiger partial charge in [-0.1, -0.05) is 0 Å². The molecule has 3 rings (SSSR count). The second kappa shape index (κ2) is 3.94. The molecule has 2 atom stereocenters. The molecule has 2 N–H and O–H groups in total. The van der Waals surface area contributed by atoms with E-state index in [1.807, 2.05) is 4.98 Å². The number of hydrogen-bond donors (Lipinski definition) is 2. The Kier molecular flexibility index (Phi) is 2.51. The minimum atomic E-state index is -1.29. The highest BCUT2D eigenvalue weighted by molar-refractivity contribution is 5.13. The van der Waals surface area contributed by atoms with Gasteiger partial charge in [-0.2, -0.15) is 4.39 Å². The maximum absolute atomic E-state index is 13.4. The highest BCUT2D eigenvalue weighted by atomic mass is 19.1. The van der Waals surface area contributed by atoms with Gasteiger partial charge in [0.05, 0.1) is 6.04 Å². The van der Waals surface area contributed by atoms with Crippen LogP contribution in [0.2, 0.25) is 0 Å². The molecule has 0 aromatic carbocycles. The van der Waals surface area contributed by atoms with Crippen molar-refractivity contribution in [3.05, 3.63) is 26.7 Å². The summed E-state index contributed by atoms with van der Waals surface area (Å²) >= 11 is 0. The van der Waals surface area contributed by atoms with Crippen LogP contribution in [-0.4, -0.2) is 38.7 Å². The number of hydrogen-bond acceptors (Lipinski definition) is 4. The van der Waals surface area contributed by atoms with Crippen LogP contribution >= 0.6 is 0 Å².